The Morgan fingerprint density at radius 3 is 3.06 bits per heavy atom. The van der Waals surface area contributed by atoms with E-state index in [0.717, 1.165) is 19.5 Å². The SMILES string of the molecule is Cc1cc(C(=O)N2CCC(C)C(CN)C2)no1. The number of rotatable bonds is 2. The molecular formula is C12H19N3O2. The van der Waals surface area contributed by atoms with E-state index in [1.54, 1.807) is 13.0 Å². The molecule has 0 aliphatic carbocycles. The number of aromatic nitrogens is 1. The third kappa shape index (κ3) is 2.49. The van der Waals surface area contributed by atoms with Crippen LogP contribution in [0, 0.1) is 18.8 Å². The van der Waals surface area contributed by atoms with Crippen LogP contribution in [-0.2, 0) is 0 Å². The third-order valence-corrected chi connectivity index (χ3v) is 3.55. The van der Waals surface area contributed by atoms with Crippen LogP contribution in [0.3, 0.4) is 0 Å². The number of aryl methyl sites for hydroxylation is 1. The molecule has 1 aliphatic heterocycles. The van der Waals surface area contributed by atoms with E-state index in [4.69, 9.17) is 10.3 Å². The zero-order chi connectivity index (χ0) is 12.4. The summed E-state index contributed by atoms with van der Waals surface area (Å²) >= 11 is 0. The van der Waals surface area contributed by atoms with E-state index < -0.39 is 0 Å². The van der Waals surface area contributed by atoms with Gasteiger partial charge in [0.25, 0.3) is 5.91 Å². The third-order valence-electron chi connectivity index (χ3n) is 3.55. The molecule has 2 heterocycles. The topological polar surface area (TPSA) is 72.4 Å². The molecular weight excluding hydrogens is 218 g/mol. The molecule has 1 aromatic rings. The number of carbonyl (C=O) groups excluding carboxylic acids is 1. The number of hydrogen-bond acceptors (Lipinski definition) is 4. The molecule has 2 unspecified atom stereocenters. The Labute approximate surface area is 101 Å². The fourth-order valence-corrected chi connectivity index (χ4v) is 2.27. The largest absolute Gasteiger partial charge is 0.361 e. The molecule has 2 rings (SSSR count). The van der Waals surface area contributed by atoms with Gasteiger partial charge in [-0.2, -0.15) is 0 Å². The van der Waals surface area contributed by atoms with Gasteiger partial charge in [-0.05, 0) is 31.7 Å². The Morgan fingerprint density at radius 2 is 2.47 bits per heavy atom. The van der Waals surface area contributed by atoms with Gasteiger partial charge in [0.05, 0.1) is 0 Å². The van der Waals surface area contributed by atoms with Crippen LogP contribution in [0.4, 0.5) is 0 Å². The monoisotopic (exact) mass is 237 g/mol. The van der Waals surface area contributed by atoms with Crippen LogP contribution < -0.4 is 5.73 Å². The maximum Gasteiger partial charge on any atom is 0.276 e. The molecule has 0 aromatic carbocycles. The number of nitrogens with two attached hydrogens (primary N) is 1. The Balaban J connectivity index is 2.05. The van der Waals surface area contributed by atoms with Gasteiger partial charge in [0.2, 0.25) is 0 Å². The summed E-state index contributed by atoms with van der Waals surface area (Å²) in [5, 5.41) is 3.76. The average molecular weight is 237 g/mol. The van der Waals surface area contributed by atoms with Crippen molar-refractivity contribution in [2.75, 3.05) is 19.6 Å². The van der Waals surface area contributed by atoms with Crippen LogP contribution in [-0.4, -0.2) is 35.6 Å². The van der Waals surface area contributed by atoms with E-state index in [2.05, 4.69) is 12.1 Å². The van der Waals surface area contributed by atoms with E-state index in [9.17, 15) is 4.79 Å². The molecule has 1 fully saturated rings. The second-order valence-corrected chi connectivity index (χ2v) is 4.84. The second kappa shape index (κ2) is 4.87. The summed E-state index contributed by atoms with van der Waals surface area (Å²) in [6.07, 6.45) is 1.00. The van der Waals surface area contributed by atoms with E-state index in [0.29, 0.717) is 29.8 Å². The van der Waals surface area contributed by atoms with Crippen LogP contribution in [0.15, 0.2) is 10.6 Å². The van der Waals surface area contributed by atoms with Crippen molar-refractivity contribution in [1.29, 1.82) is 0 Å². The Kier molecular flexibility index (Phi) is 3.47. The first-order chi connectivity index (χ1) is 8.11. The van der Waals surface area contributed by atoms with Crippen molar-refractivity contribution >= 4 is 5.91 Å². The smallest absolute Gasteiger partial charge is 0.276 e. The van der Waals surface area contributed by atoms with Crippen molar-refractivity contribution in [3.05, 3.63) is 17.5 Å². The summed E-state index contributed by atoms with van der Waals surface area (Å²) < 4.78 is 4.93. The molecule has 5 heteroatoms. The summed E-state index contributed by atoms with van der Waals surface area (Å²) in [6.45, 7) is 6.11. The first kappa shape index (κ1) is 12.1. The molecule has 1 aliphatic rings. The van der Waals surface area contributed by atoms with Gasteiger partial charge in [0.15, 0.2) is 5.69 Å². The lowest BCUT2D eigenvalue weighted by molar-refractivity contribution is 0.0608. The van der Waals surface area contributed by atoms with Gasteiger partial charge in [0.1, 0.15) is 5.76 Å². The van der Waals surface area contributed by atoms with E-state index in [1.165, 1.54) is 0 Å². The Bertz CT molecular complexity index is 402. The summed E-state index contributed by atoms with van der Waals surface area (Å²) in [7, 11) is 0. The van der Waals surface area contributed by atoms with Crippen molar-refractivity contribution in [2.45, 2.75) is 20.3 Å². The highest BCUT2D eigenvalue weighted by Crippen LogP contribution is 2.23. The molecule has 0 spiro atoms. The predicted octanol–water partition coefficient (Wildman–Crippen LogP) is 1.04. The molecule has 0 saturated carbocycles. The fraction of sp³-hybridized carbons (Fsp3) is 0.667. The van der Waals surface area contributed by atoms with Gasteiger partial charge in [0, 0.05) is 19.2 Å². The highest BCUT2D eigenvalue weighted by molar-refractivity contribution is 5.92. The van der Waals surface area contributed by atoms with Gasteiger partial charge in [-0.1, -0.05) is 12.1 Å². The number of hydrogen-bond donors (Lipinski definition) is 1. The van der Waals surface area contributed by atoms with Crippen LogP contribution >= 0.6 is 0 Å². The quantitative estimate of drug-likeness (QED) is 0.834. The van der Waals surface area contributed by atoms with Gasteiger partial charge in [-0.3, -0.25) is 4.79 Å². The van der Waals surface area contributed by atoms with Crippen molar-refractivity contribution in [2.24, 2.45) is 17.6 Å². The van der Waals surface area contributed by atoms with Gasteiger partial charge >= 0.3 is 0 Å². The highest BCUT2D eigenvalue weighted by Gasteiger charge is 2.29. The Hall–Kier alpha value is -1.36. The second-order valence-electron chi connectivity index (χ2n) is 4.84. The Morgan fingerprint density at radius 1 is 1.71 bits per heavy atom. The minimum atomic E-state index is -0.0489. The molecule has 94 valence electrons. The lowest BCUT2D eigenvalue weighted by atomic mass is 9.87. The lowest BCUT2D eigenvalue weighted by Crippen LogP contribution is -2.45. The summed E-state index contributed by atoms with van der Waals surface area (Å²) in [6, 6.07) is 1.68. The summed E-state index contributed by atoms with van der Waals surface area (Å²) in [5.74, 6) is 1.59. The lowest BCUT2D eigenvalue weighted by Gasteiger charge is -2.36. The first-order valence-corrected chi connectivity index (χ1v) is 6.04. The first-order valence-electron chi connectivity index (χ1n) is 6.04. The van der Waals surface area contributed by atoms with Gasteiger partial charge < -0.3 is 15.2 Å². The van der Waals surface area contributed by atoms with Crippen molar-refractivity contribution in [3.63, 3.8) is 0 Å². The molecule has 17 heavy (non-hydrogen) atoms. The van der Waals surface area contributed by atoms with Gasteiger partial charge in [-0.15, -0.1) is 0 Å². The molecule has 1 aromatic heterocycles. The number of nitrogens with zero attached hydrogens (tertiary/aromatic N) is 2. The average Bonchev–Trinajstić information content (AvgIpc) is 2.75. The van der Waals surface area contributed by atoms with Gasteiger partial charge in [-0.25, -0.2) is 0 Å². The van der Waals surface area contributed by atoms with Crippen molar-refractivity contribution < 1.29 is 9.32 Å². The maximum atomic E-state index is 12.1. The minimum Gasteiger partial charge on any atom is -0.361 e. The van der Waals surface area contributed by atoms with E-state index in [-0.39, 0.29) is 5.91 Å². The van der Waals surface area contributed by atoms with E-state index in [1.807, 2.05) is 4.90 Å². The van der Waals surface area contributed by atoms with Crippen molar-refractivity contribution in [1.82, 2.24) is 10.1 Å². The molecule has 0 bridgehead atoms. The molecule has 2 atom stereocenters. The van der Waals surface area contributed by atoms with E-state index >= 15 is 0 Å². The number of amides is 1. The highest BCUT2D eigenvalue weighted by atomic mass is 16.5. The molecule has 1 amide bonds. The summed E-state index contributed by atoms with van der Waals surface area (Å²) in [4.78, 5) is 14.0. The molecule has 0 radical (unpaired) electrons. The zero-order valence-corrected chi connectivity index (χ0v) is 10.3. The fourth-order valence-electron chi connectivity index (χ4n) is 2.27. The molecule has 5 nitrogen and oxygen atoms in total. The normalized spacial score (nSPS) is 25.0. The zero-order valence-electron chi connectivity index (χ0n) is 10.3. The summed E-state index contributed by atoms with van der Waals surface area (Å²) in [5.41, 5.74) is 6.12. The molecule has 2 N–H and O–H groups in total. The van der Waals surface area contributed by atoms with Crippen molar-refractivity contribution in [3.8, 4) is 0 Å². The van der Waals surface area contributed by atoms with Crippen LogP contribution in [0.2, 0.25) is 0 Å². The number of likely N-dealkylation sites (tertiary alicyclic amines) is 1. The minimum absolute atomic E-state index is 0.0489. The van der Waals surface area contributed by atoms with Crippen LogP contribution in [0.5, 0.6) is 0 Å². The van der Waals surface area contributed by atoms with Crippen LogP contribution in [0.25, 0.3) is 0 Å². The molecule has 1 saturated heterocycles. The standard InChI is InChI=1S/C12H19N3O2/c1-8-3-4-15(7-10(8)6-13)12(16)11-5-9(2)17-14-11/h5,8,10H,3-4,6-7,13H2,1-2H3. The predicted molar refractivity (Wildman–Crippen MR) is 63.5 cm³/mol. The number of piperidine rings is 1. The van der Waals surface area contributed by atoms with Crippen LogP contribution in [0.1, 0.15) is 29.6 Å². The number of carbonyl (C=O) groups is 1. The maximum absolute atomic E-state index is 12.1.